The smallest absolute Gasteiger partial charge is 0.328 e. The van der Waals surface area contributed by atoms with Crippen molar-refractivity contribution in [2.45, 2.75) is 214 Å². The van der Waals surface area contributed by atoms with Gasteiger partial charge in [-0.05, 0) is 92.4 Å². The van der Waals surface area contributed by atoms with E-state index < -0.39 is 84.0 Å². The quantitative estimate of drug-likeness (QED) is 0.0284. The molecule has 0 bridgehead atoms. The highest BCUT2D eigenvalue weighted by Gasteiger charge is 2.44. The SMILES string of the molecule is CC[C@H](C)[C@@H]([C@@H](CC(=O)N1CCC[C@H]1[C@H](OC)[C@@H](C)C(=O)N[C@@H](Cc1ccccc1)C(=O)OC)OC)N(C)C(=O)[C@@H](CC(=O)[C@H](C(C)C)N(C)CCc1ccc(CC(=O)[C@H](CCCNC(N)=O)NC(=O)[C@@H](CC(=O)CCCCCN2C(=O)CC(C)C2=O)C(C)C)cc1)C(C)C. The van der Waals surface area contributed by atoms with E-state index >= 15 is 0 Å². The summed E-state index contributed by atoms with van der Waals surface area (Å²) in [4.78, 5) is 155. The Hall–Kier alpha value is -6.91. The summed E-state index contributed by atoms with van der Waals surface area (Å²) in [6.45, 7) is 20.6. The van der Waals surface area contributed by atoms with Crippen LogP contribution in [0.1, 0.15) is 169 Å². The number of rotatable bonds is 43. The first-order valence-electron chi connectivity index (χ1n) is 34.6. The minimum atomic E-state index is -0.934. The number of Topliss-reactive ketones (excluding diaryl/α,β-unsaturated/α-hetero) is 3. The van der Waals surface area contributed by atoms with Crippen LogP contribution in [0.3, 0.4) is 0 Å². The molecule has 0 aliphatic carbocycles. The van der Waals surface area contributed by atoms with Crippen molar-refractivity contribution in [1.82, 2.24) is 35.6 Å². The van der Waals surface area contributed by atoms with Gasteiger partial charge in [0.25, 0.3) is 0 Å². The molecular formula is C73H114N8O14. The fourth-order valence-electron chi connectivity index (χ4n) is 13.7. The van der Waals surface area contributed by atoms with Crippen molar-refractivity contribution in [3.05, 3.63) is 71.3 Å². The van der Waals surface area contributed by atoms with Crippen LogP contribution in [0, 0.1) is 47.3 Å². The lowest BCUT2D eigenvalue weighted by atomic mass is 9.83. The fraction of sp³-hybridized carbons (Fsp3) is 0.685. The molecule has 2 fully saturated rings. The Balaban J connectivity index is 1.38. The first kappa shape index (κ1) is 80.5. The van der Waals surface area contributed by atoms with Gasteiger partial charge in [0.2, 0.25) is 35.4 Å². The van der Waals surface area contributed by atoms with E-state index in [9.17, 15) is 52.7 Å². The number of esters is 1. The molecule has 5 N–H and O–H groups in total. The number of primary amides is 1. The van der Waals surface area contributed by atoms with Crippen LogP contribution in [0.5, 0.6) is 0 Å². The molecule has 2 aliphatic rings. The number of benzene rings is 2. The highest BCUT2D eigenvalue weighted by atomic mass is 16.5. The van der Waals surface area contributed by atoms with Gasteiger partial charge in [0.1, 0.15) is 11.8 Å². The third kappa shape index (κ3) is 24.3. The molecule has 1 unspecified atom stereocenters. The topological polar surface area (TPSA) is 291 Å². The lowest BCUT2D eigenvalue weighted by molar-refractivity contribution is -0.150. The van der Waals surface area contributed by atoms with Crippen LogP contribution in [-0.4, -0.2) is 188 Å². The van der Waals surface area contributed by atoms with E-state index in [-0.39, 0.29) is 128 Å². The average molecular weight is 1330 g/mol. The van der Waals surface area contributed by atoms with E-state index in [4.69, 9.17) is 19.9 Å². The maximum Gasteiger partial charge on any atom is 0.328 e. The maximum absolute atomic E-state index is 15.0. The van der Waals surface area contributed by atoms with Crippen molar-refractivity contribution in [1.29, 1.82) is 0 Å². The number of amides is 8. The lowest BCUT2D eigenvalue weighted by Crippen LogP contribution is -2.55. The molecule has 2 heterocycles. The number of ketones is 3. The normalized spacial score (nSPS) is 18.2. The van der Waals surface area contributed by atoms with Crippen molar-refractivity contribution >= 4 is 64.8 Å². The average Bonchev–Trinajstić information content (AvgIpc) is 1.87. The van der Waals surface area contributed by atoms with Crippen LogP contribution in [0.2, 0.25) is 0 Å². The molecule has 0 aromatic heterocycles. The Morgan fingerprint density at radius 3 is 1.93 bits per heavy atom. The third-order valence-corrected chi connectivity index (χ3v) is 19.5. The largest absolute Gasteiger partial charge is 0.467 e. The molecule has 0 saturated carbocycles. The van der Waals surface area contributed by atoms with Gasteiger partial charge in [0.15, 0.2) is 11.6 Å². The molecule has 4 rings (SSSR count). The first-order chi connectivity index (χ1) is 45.0. The highest BCUT2D eigenvalue weighted by Crippen LogP contribution is 2.32. The molecule has 2 aliphatic heterocycles. The molecule has 22 heteroatoms. The van der Waals surface area contributed by atoms with Gasteiger partial charge in [-0.15, -0.1) is 0 Å². The van der Waals surface area contributed by atoms with Crippen LogP contribution >= 0.6 is 0 Å². The second-order valence-electron chi connectivity index (χ2n) is 27.7. The Bertz CT molecular complexity index is 2850. The molecular weight excluding hydrogens is 1210 g/mol. The van der Waals surface area contributed by atoms with E-state index in [1.807, 2.05) is 122 Å². The lowest BCUT2D eigenvalue weighted by Gasteiger charge is -2.41. The van der Waals surface area contributed by atoms with Crippen LogP contribution in [-0.2, 0) is 81.4 Å². The van der Waals surface area contributed by atoms with Gasteiger partial charge in [-0.2, -0.15) is 0 Å². The molecule has 530 valence electrons. The number of nitrogens with zero attached hydrogens (tertiary/aromatic N) is 4. The Morgan fingerprint density at radius 2 is 1.36 bits per heavy atom. The molecule has 2 saturated heterocycles. The number of imide groups is 1. The zero-order chi connectivity index (χ0) is 70.8. The molecule has 95 heavy (non-hydrogen) atoms. The van der Waals surface area contributed by atoms with Gasteiger partial charge in [-0.25, -0.2) is 9.59 Å². The summed E-state index contributed by atoms with van der Waals surface area (Å²) in [6, 6.07) is 12.9. The maximum atomic E-state index is 15.0. The zero-order valence-corrected chi connectivity index (χ0v) is 59.6. The van der Waals surface area contributed by atoms with Gasteiger partial charge in [-0.1, -0.05) is 137 Å². The third-order valence-electron chi connectivity index (χ3n) is 19.5. The number of carbonyl (C=O) groups is 11. The summed E-state index contributed by atoms with van der Waals surface area (Å²) in [5, 5.41) is 8.35. The van der Waals surface area contributed by atoms with E-state index in [0.29, 0.717) is 71.0 Å². The molecule has 0 spiro atoms. The van der Waals surface area contributed by atoms with E-state index in [2.05, 4.69) is 16.0 Å². The van der Waals surface area contributed by atoms with Gasteiger partial charge in [0, 0.05) is 104 Å². The number of likely N-dealkylation sites (tertiary alicyclic amines) is 2. The number of urea groups is 1. The number of nitrogens with two attached hydrogens (primary N) is 1. The highest BCUT2D eigenvalue weighted by molar-refractivity contribution is 6.03. The number of likely N-dealkylation sites (N-methyl/N-ethyl adjacent to an activating group) is 2. The van der Waals surface area contributed by atoms with Crippen LogP contribution in [0.15, 0.2) is 54.6 Å². The molecule has 0 radical (unpaired) electrons. The summed E-state index contributed by atoms with van der Waals surface area (Å²) in [5.41, 5.74) is 7.85. The summed E-state index contributed by atoms with van der Waals surface area (Å²) < 4.78 is 17.2. The minimum absolute atomic E-state index is 0.000847. The Labute approximate surface area is 565 Å². The molecule has 12 atom stereocenters. The number of nitrogens with one attached hydrogen (secondary N) is 3. The van der Waals surface area contributed by atoms with Gasteiger partial charge < -0.3 is 45.7 Å². The Kier molecular flexibility index (Phi) is 33.9. The standard InChI is InChI=1S/C73H114N8O14/c1-16-48(8)66(62(93-13)44-64(86)80-37-24-29-59(80)67(94-14)50(10)68(87)77-58(72(91)95-15)40-52-25-19-17-20-26-52)79(12)71(90)56(46(4)5)43-61(84)65(47(6)7)78(11)38-34-51-30-32-53(33-31-51)41-60(83)57(28-23-35-75-73(74)92)76-69(88)55(45(2)3)42-54(82)27-21-18-22-36-81-63(85)39-49(9)70(81)89/h17,19-20,25-26,30-33,45-50,55-59,62,65-67H,16,18,21-24,27-29,34-44H2,1-15H3,(H,76,88)(H,77,87)(H3,74,75,92)/t48-,49?,50+,55-,56-,57-,58-,59-,62+,65-,66-,67+/m0/s1. The summed E-state index contributed by atoms with van der Waals surface area (Å²) in [6.07, 6.45) is 4.16. The minimum Gasteiger partial charge on any atom is -0.467 e. The van der Waals surface area contributed by atoms with E-state index in [1.54, 1.807) is 37.8 Å². The van der Waals surface area contributed by atoms with Crippen LogP contribution in [0.4, 0.5) is 4.79 Å². The molecule has 2 aromatic carbocycles. The van der Waals surface area contributed by atoms with Gasteiger partial charge in [-0.3, -0.25) is 53.0 Å². The van der Waals surface area contributed by atoms with Gasteiger partial charge in [0.05, 0.1) is 55.8 Å². The summed E-state index contributed by atoms with van der Waals surface area (Å²) in [7, 11) is 7.99. The van der Waals surface area contributed by atoms with E-state index in [0.717, 1.165) is 16.7 Å². The molecule has 8 amide bonds. The zero-order valence-electron chi connectivity index (χ0n) is 59.6. The van der Waals surface area contributed by atoms with Crippen molar-refractivity contribution in [3.63, 3.8) is 0 Å². The van der Waals surface area contributed by atoms with Crippen LogP contribution in [0.25, 0.3) is 0 Å². The Morgan fingerprint density at radius 1 is 0.716 bits per heavy atom. The molecule has 22 nitrogen and oxygen atoms in total. The summed E-state index contributed by atoms with van der Waals surface area (Å²) in [5.74, 6) is -5.54. The van der Waals surface area contributed by atoms with Crippen molar-refractivity contribution in [2.24, 2.45) is 53.1 Å². The number of hydrogen-bond acceptors (Lipinski definition) is 15. The monoisotopic (exact) mass is 1330 g/mol. The number of carbonyl (C=O) groups excluding carboxylic acids is 11. The van der Waals surface area contributed by atoms with Crippen molar-refractivity contribution in [3.8, 4) is 0 Å². The van der Waals surface area contributed by atoms with E-state index in [1.165, 1.54) is 19.1 Å². The predicted molar refractivity (Wildman–Crippen MR) is 364 cm³/mol. The fourth-order valence-corrected chi connectivity index (χ4v) is 13.7. The number of methoxy groups -OCH3 is 3. The first-order valence-corrected chi connectivity index (χ1v) is 34.6. The molecule has 2 aromatic rings. The number of ether oxygens (including phenoxy) is 3. The van der Waals surface area contributed by atoms with Crippen molar-refractivity contribution in [2.75, 3.05) is 61.6 Å². The predicted octanol–water partition coefficient (Wildman–Crippen LogP) is 7.47. The summed E-state index contributed by atoms with van der Waals surface area (Å²) >= 11 is 0. The van der Waals surface area contributed by atoms with Crippen LogP contribution < -0.4 is 21.7 Å². The number of hydrogen-bond donors (Lipinski definition) is 4. The second kappa shape index (κ2) is 40.0. The second-order valence-corrected chi connectivity index (χ2v) is 27.7. The van der Waals surface area contributed by atoms with Crippen molar-refractivity contribution < 1.29 is 67.0 Å². The van der Waals surface area contributed by atoms with Gasteiger partial charge >= 0.3 is 12.0 Å². The number of unbranched alkanes of at least 4 members (excludes halogenated alkanes) is 2.